The lowest BCUT2D eigenvalue weighted by Gasteiger charge is -2.09. The molecule has 0 unspecified atom stereocenters. The molecule has 3 N–H and O–H groups in total. The van der Waals surface area contributed by atoms with Crippen LogP contribution in [0.3, 0.4) is 0 Å². The van der Waals surface area contributed by atoms with Crippen molar-refractivity contribution in [2.75, 3.05) is 11.9 Å². The van der Waals surface area contributed by atoms with Gasteiger partial charge in [0, 0.05) is 21.1 Å². The molecule has 0 saturated carbocycles. The Morgan fingerprint density at radius 1 is 1.07 bits per heavy atom. The highest BCUT2D eigenvalue weighted by atomic mass is 79.9. The van der Waals surface area contributed by atoms with Crippen LogP contribution in [0.1, 0.15) is 5.56 Å². The second-order valence-corrected chi connectivity index (χ2v) is 8.09. The monoisotopic (exact) mass is 553 g/mol. The molecule has 0 aliphatic heterocycles. The second-order valence-electron chi connectivity index (χ2n) is 5.59. The van der Waals surface area contributed by atoms with Crippen LogP contribution in [0.2, 0.25) is 0 Å². The Morgan fingerprint density at radius 3 is 2.63 bits per heavy atom. The van der Waals surface area contributed by atoms with Crippen molar-refractivity contribution >= 4 is 76.4 Å². The van der Waals surface area contributed by atoms with Gasteiger partial charge < -0.3 is 10.4 Å². The Bertz CT molecular complexity index is 1030. The highest BCUT2D eigenvalue weighted by Gasteiger charge is 2.12. The molecule has 3 aromatic rings. The molecule has 0 radical (unpaired) electrons. The standard InChI is InChI=1S/C19H14Br3N3O2/c20-14-8-15(21)19(27)18(22)13(14)9-24-25-17(26)10-23-16-7-3-5-11-4-1-2-6-12(11)16/h1-9,23,27H,10H2,(H,25,26). The van der Waals surface area contributed by atoms with Gasteiger partial charge in [-0.2, -0.15) is 5.10 Å². The first-order valence-corrected chi connectivity index (χ1v) is 10.2. The number of carbonyl (C=O) groups excluding carboxylic acids is 1. The van der Waals surface area contributed by atoms with Crippen LogP contribution >= 0.6 is 47.8 Å². The molecule has 0 fully saturated rings. The van der Waals surface area contributed by atoms with E-state index in [4.69, 9.17) is 0 Å². The summed E-state index contributed by atoms with van der Waals surface area (Å²) in [4.78, 5) is 12.1. The fraction of sp³-hybridized carbons (Fsp3) is 0.0526. The molecule has 0 aliphatic carbocycles. The number of anilines is 1. The number of halogens is 3. The fourth-order valence-corrected chi connectivity index (χ4v) is 4.80. The average Bonchev–Trinajstić information content (AvgIpc) is 2.67. The number of aromatic hydroxyl groups is 1. The van der Waals surface area contributed by atoms with Crippen molar-refractivity contribution in [2.45, 2.75) is 0 Å². The van der Waals surface area contributed by atoms with Crippen molar-refractivity contribution in [1.82, 2.24) is 5.43 Å². The molecule has 8 heteroatoms. The van der Waals surface area contributed by atoms with Crippen molar-refractivity contribution in [2.24, 2.45) is 5.10 Å². The van der Waals surface area contributed by atoms with Crippen LogP contribution in [0.5, 0.6) is 5.75 Å². The predicted octanol–water partition coefficient (Wildman–Crippen LogP) is 5.40. The van der Waals surface area contributed by atoms with Gasteiger partial charge in [-0.1, -0.05) is 52.3 Å². The van der Waals surface area contributed by atoms with E-state index in [1.165, 1.54) is 6.21 Å². The van der Waals surface area contributed by atoms with Gasteiger partial charge in [-0.05, 0) is 49.4 Å². The maximum absolute atomic E-state index is 12.1. The molecule has 0 atom stereocenters. The predicted molar refractivity (Wildman–Crippen MR) is 119 cm³/mol. The van der Waals surface area contributed by atoms with Gasteiger partial charge in [-0.15, -0.1) is 0 Å². The zero-order chi connectivity index (χ0) is 19.4. The summed E-state index contributed by atoms with van der Waals surface area (Å²) in [7, 11) is 0. The first kappa shape index (κ1) is 19.9. The van der Waals surface area contributed by atoms with Crippen LogP contribution in [-0.4, -0.2) is 23.8 Å². The molecule has 0 saturated heterocycles. The molecule has 0 bridgehead atoms. The number of nitrogens with one attached hydrogen (secondary N) is 2. The molecule has 0 aromatic heterocycles. The van der Waals surface area contributed by atoms with Gasteiger partial charge in [0.2, 0.25) is 0 Å². The van der Waals surface area contributed by atoms with E-state index in [9.17, 15) is 9.90 Å². The van der Waals surface area contributed by atoms with Crippen LogP contribution in [0.15, 0.2) is 67.1 Å². The number of hydrazone groups is 1. The van der Waals surface area contributed by atoms with E-state index >= 15 is 0 Å². The number of amides is 1. The lowest BCUT2D eigenvalue weighted by atomic mass is 10.1. The van der Waals surface area contributed by atoms with E-state index in [1.54, 1.807) is 6.07 Å². The number of phenolic OH excluding ortho intramolecular Hbond substituents is 1. The van der Waals surface area contributed by atoms with Crippen molar-refractivity contribution in [3.8, 4) is 5.75 Å². The molecular weight excluding hydrogens is 542 g/mol. The van der Waals surface area contributed by atoms with E-state index < -0.39 is 0 Å². The minimum Gasteiger partial charge on any atom is -0.506 e. The highest BCUT2D eigenvalue weighted by molar-refractivity contribution is 9.11. The Labute approximate surface area is 181 Å². The van der Waals surface area contributed by atoms with Crippen LogP contribution in [-0.2, 0) is 4.79 Å². The fourth-order valence-electron chi connectivity index (χ4n) is 2.48. The third-order valence-corrected chi connectivity index (χ3v) is 5.86. The molecule has 27 heavy (non-hydrogen) atoms. The van der Waals surface area contributed by atoms with E-state index in [0.717, 1.165) is 16.5 Å². The summed E-state index contributed by atoms with van der Waals surface area (Å²) in [5.74, 6) is -0.226. The van der Waals surface area contributed by atoms with Gasteiger partial charge in [0.05, 0.1) is 21.7 Å². The van der Waals surface area contributed by atoms with Crippen molar-refractivity contribution in [3.63, 3.8) is 0 Å². The van der Waals surface area contributed by atoms with Gasteiger partial charge in [-0.3, -0.25) is 4.79 Å². The lowest BCUT2D eigenvalue weighted by molar-refractivity contribution is -0.119. The summed E-state index contributed by atoms with van der Waals surface area (Å²) in [6, 6.07) is 15.6. The number of rotatable bonds is 5. The number of nitrogens with zero attached hydrogens (tertiary/aromatic N) is 1. The van der Waals surface area contributed by atoms with E-state index in [-0.39, 0.29) is 18.2 Å². The van der Waals surface area contributed by atoms with Crippen LogP contribution in [0.25, 0.3) is 10.8 Å². The summed E-state index contributed by atoms with van der Waals surface area (Å²) in [5.41, 5.74) is 3.97. The summed E-state index contributed by atoms with van der Waals surface area (Å²) in [6.45, 7) is 0.0826. The van der Waals surface area contributed by atoms with Gasteiger partial charge in [0.15, 0.2) is 0 Å². The van der Waals surface area contributed by atoms with Crippen molar-refractivity contribution in [1.29, 1.82) is 0 Å². The average molecular weight is 556 g/mol. The Balaban J connectivity index is 1.64. The first-order valence-electron chi connectivity index (χ1n) is 7.87. The Hall–Kier alpha value is -1.90. The van der Waals surface area contributed by atoms with Gasteiger partial charge in [0.25, 0.3) is 5.91 Å². The summed E-state index contributed by atoms with van der Waals surface area (Å²) in [6.07, 6.45) is 1.45. The van der Waals surface area contributed by atoms with Gasteiger partial charge >= 0.3 is 0 Å². The van der Waals surface area contributed by atoms with Crippen molar-refractivity contribution in [3.05, 3.63) is 67.5 Å². The summed E-state index contributed by atoms with van der Waals surface area (Å²) in [5, 5.41) is 19.2. The summed E-state index contributed by atoms with van der Waals surface area (Å²) >= 11 is 9.95. The minimum absolute atomic E-state index is 0.0589. The number of hydrogen-bond donors (Lipinski definition) is 3. The summed E-state index contributed by atoms with van der Waals surface area (Å²) < 4.78 is 1.73. The number of phenols is 1. The molecule has 5 nitrogen and oxygen atoms in total. The van der Waals surface area contributed by atoms with E-state index in [0.29, 0.717) is 19.0 Å². The quantitative estimate of drug-likeness (QED) is 0.292. The third kappa shape index (κ3) is 4.69. The molecule has 0 aliphatic rings. The SMILES string of the molecule is O=C(CNc1cccc2ccccc12)NN=Cc1c(Br)cc(Br)c(O)c1Br. The number of fused-ring (bicyclic) bond motifs is 1. The topological polar surface area (TPSA) is 73.7 Å². The molecular formula is C19H14Br3N3O2. The molecule has 3 rings (SSSR count). The maximum Gasteiger partial charge on any atom is 0.259 e. The normalized spacial score (nSPS) is 11.1. The minimum atomic E-state index is -0.284. The van der Waals surface area contributed by atoms with Gasteiger partial charge in [-0.25, -0.2) is 5.43 Å². The number of hydrogen-bond acceptors (Lipinski definition) is 4. The number of carbonyl (C=O) groups is 1. The highest BCUT2D eigenvalue weighted by Crippen LogP contribution is 2.38. The largest absolute Gasteiger partial charge is 0.506 e. The Kier molecular flexibility index (Phi) is 6.51. The number of benzene rings is 3. The smallest absolute Gasteiger partial charge is 0.259 e. The van der Waals surface area contributed by atoms with Crippen LogP contribution < -0.4 is 10.7 Å². The zero-order valence-corrected chi connectivity index (χ0v) is 18.6. The molecule has 138 valence electrons. The Morgan fingerprint density at radius 2 is 1.81 bits per heavy atom. The lowest BCUT2D eigenvalue weighted by Crippen LogP contribution is -2.26. The van der Waals surface area contributed by atoms with Gasteiger partial charge in [0.1, 0.15) is 5.75 Å². The van der Waals surface area contributed by atoms with Crippen molar-refractivity contribution < 1.29 is 9.90 Å². The molecule has 3 aromatic carbocycles. The molecule has 1 amide bonds. The second kappa shape index (κ2) is 8.86. The van der Waals surface area contributed by atoms with Crippen LogP contribution in [0.4, 0.5) is 5.69 Å². The van der Waals surface area contributed by atoms with Crippen LogP contribution in [0, 0.1) is 0 Å². The maximum atomic E-state index is 12.1. The van der Waals surface area contributed by atoms with E-state index in [1.807, 2.05) is 42.5 Å². The third-order valence-electron chi connectivity index (χ3n) is 3.79. The first-order chi connectivity index (χ1) is 13.0. The van der Waals surface area contributed by atoms with E-state index in [2.05, 4.69) is 63.6 Å². The zero-order valence-electron chi connectivity index (χ0n) is 13.8. The molecule has 0 spiro atoms. The molecule has 0 heterocycles.